The van der Waals surface area contributed by atoms with Crippen LogP contribution in [0.3, 0.4) is 0 Å². The average Bonchev–Trinajstić information content (AvgIpc) is 2.86. The Morgan fingerprint density at radius 3 is 2.49 bits per heavy atom. The summed E-state index contributed by atoms with van der Waals surface area (Å²) in [6.45, 7) is 1.59. The summed E-state index contributed by atoms with van der Waals surface area (Å²) in [7, 11) is 1.46. The van der Waals surface area contributed by atoms with Gasteiger partial charge in [0.2, 0.25) is 0 Å². The number of methoxy groups -OCH3 is 1. The van der Waals surface area contributed by atoms with Crippen molar-refractivity contribution in [2.75, 3.05) is 24.4 Å². The van der Waals surface area contributed by atoms with Crippen molar-refractivity contribution in [2.45, 2.75) is 6.92 Å². The Hall–Kier alpha value is -4.37. The molecule has 35 heavy (non-hydrogen) atoms. The molecular formula is C25H23ClN4O5. The van der Waals surface area contributed by atoms with Gasteiger partial charge in [0.15, 0.2) is 6.61 Å². The maximum absolute atomic E-state index is 12.2. The van der Waals surface area contributed by atoms with E-state index in [9.17, 15) is 14.4 Å². The Balaban J connectivity index is 1.50. The Labute approximate surface area is 207 Å². The van der Waals surface area contributed by atoms with Crippen LogP contribution in [0.2, 0.25) is 5.02 Å². The van der Waals surface area contributed by atoms with Crippen LogP contribution >= 0.6 is 11.6 Å². The number of nitrogens with one attached hydrogen (secondary N) is 3. The molecule has 3 rings (SSSR count). The maximum Gasteiger partial charge on any atom is 0.329 e. The molecule has 0 bridgehead atoms. The third-order valence-electron chi connectivity index (χ3n) is 4.71. The van der Waals surface area contributed by atoms with Gasteiger partial charge in [-0.2, -0.15) is 5.10 Å². The summed E-state index contributed by atoms with van der Waals surface area (Å²) >= 11 is 6.07. The van der Waals surface area contributed by atoms with Crippen LogP contribution in [0.5, 0.6) is 11.5 Å². The highest BCUT2D eigenvalue weighted by Gasteiger charge is 2.15. The summed E-state index contributed by atoms with van der Waals surface area (Å²) in [5, 5.41) is 9.55. The molecule has 0 aliphatic carbocycles. The fourth-order valence-electron chi connectivity index (χ4n) is 2.91. The second-order valence-corrected chi connectivity index (χ2v) is 7.58. The largest absolute Gasteiger partial charge is 0.495 e. The molecule has 0 radical (unpaired) electrons. The van der Waals surface area contributed by atoms with Crippen LogP contribution in [0.25, 0.3) is 0 Å². The van der Waals surface area contributed by atoms with Gasteiger partial charge in [0.1, 0.15) is 11.5 Å². The molecule has 0 aliphatic rings. The van der Waals surface area contributed by atoms with Gasteiger partial charge in [-0.05, 0) is 54.4 Å². The molecule has 0 fully saturated rings. The lowest BCUT2D eigenvalue weighted by atomic mass is 10.2. The zero-order chi connectivity index (χ0) is 25.2. The number of hydrogen-bond acceptors (Lipinski definition) is 6. The fraction of sp³-hybridized carbons (Fsp3) is 0.120. The SMILES string of the molecule is COc1ccccc1NC(=O)C(=O)N/N=C\c1cccc(OCC(=O)Nc2cccc(Cl)c2C)c1. The van der Waals surface area contributed by atoms with Gasteiger partial charge in [0.25, 0.3) is 5.91 Å². The number of amides is 3. The standard InChI is InChI=1S/C25H23ClN4O5/c1-16-19(26)9-6-11-20(16)28-23(31)15-35-18-8-5-7-17(13-18)14-27-30-25(33)24(32)29-21-10-3-4-12-22(21)34-2/h3-14H,15H2,1-2H3,(H,28,31)(H,29,32)(H,30,33)/b27-14-. The van der Waals surface area contributed by atoms with Crippen molar-refractivity contribution in [3.8, 4) is 11.5 Å². The first kappa shape index (κ1) is 25.3. The summed E-state index contributed by atoms with van der Waals surface area (Å²) in [5.74, 6) is -1.35. The van der Waals surface area contributed by atoms with Crippen molar-refractivity contribution in [3.63, 3.8) is 0 Å². The summed E-state index contributed by atoms with van der Waals surface area (Å²) < 4.78 is 10.7. The Bertz CT molecular complexity index is 1260. The lowest BCUT2D eigenvalue weighted by molar-refractivity contribution is -0.136. The first-order valence-electron chi connectivity index (χ1n) is 10.4. The minimum Gasteiger partial charge on any atom is -0.495 e. The Morgan fingerprint density at radius 1 is 0.943 bits per heavy atom. The molecule has 10 heteroatoms. The number of halogens is 1. The number of para-hydroxylation sites is 2. The highest BCUT2D eigenvalue weighted by molar-refractivity contribution is 6.39. The van der Waals surface area contributed by atoms with Gasteiger partial charge in [-0.1, -0.05) is 41.9 Å². The van der Waals surface area contributed by atoms with E-state index in [1.807, 2.05) is 6.92 Å². The van der Waals surface area contributed by atoms with Crippen molar-refractivity contribution in [1.82, 2.24) is 5.43 Å². The zero-order valence-corrected chi connectivity index (χ0v) is 19.8. The minimum atomic E-state index is -0.951. The molecule has 0 aliphatic heterocycles. The van der Waals surface area contributed by atoms with E-state index in [0.29, 0.717) is 33.5 Å². The molecule has 9 nitrogen and oxygen atoms in total. The normalized spacial score (nSPS) is 10.5. The predicted molar refractivity (Wildman–Crippen MR) is 134 cm³/mol. The number of hydrogen-bond donors (Lipinski definition) is 3. The summed E-state index contributed by atoms with van der Waals surface area (Å²) in [4.78, 5) is 36.3. The summed E-state index contributed by atoms with van der Waals surface area (Å²) in [6.07, 6.45) is 1.34. The number of nitrogens with zero attached hydrogens (tertiary/aromatic N) is 1. The molecule has 0 spiro atoms. The molecule has 3 aromatic carbocycles. The number of ether oxygens (including phenoxy) is 2. The molecule has 0 aromatic heterocycles. The smallest absolute Gasteiger partial charge is 0.329 e. The van der Waals surface area contributed by atoms with Gasteiger partial charge in [-0.25, -0.2) is 5.43 Å². The van der Waals surface area contributed by atoms with Crippen LogP contribution in [-0.2, 0) is 14.4 Å². The van der Waals surface area contributed by atoms with Gasteiger partial charge in [0.05, 0.1) is 19.0 Å². The van der Waals surface area contributed by atoms with Crippen LogP contribution in [0, 0.1) is 6.92 Å². The van der Waals surface area contributed by atoms with E-state index >= 15 is 0 Å². The molecule has 0 heterocycles. The second kappa shape index (κ2) is 12.2. The van der Waals surface area contributed by atoms with Crippen molar-refractivity contribution in [3.05, 3.63) is 82.9 Å². The van der Waals surface area contributed by atoms with Gasteiger partial charge in [-0.15, -0.1) is 0 Å². The van der Waals surface area contributed by atoms with Crippen LogP contribution in [0.4, 0.5) is 11.4 Å². The van der Waals surface area contributed by atoms with Crippen LogP contribution in [0.1, 0.15) is 11.1 Å². The summed E-state index contributed by atoms with van der Waals surface area (Å²) in [6, 6.07) is 18.7. The Morgan fingerprint density at radius 2 is 1.69 bits per heavy atom. The first-order valence-corrected chi connectivity index (χ1v) is 10.8. The van der Waals surface area contributed by atoms with E-state index in [2.05, 4.69) is 21.2 Å². The van der Waals surface area contributed by atoms with Crippen molar-refractivity contribution in [2.24, 2.45) is 5.10 Å². The molecule has 0 atom stereocenters. The number of hydrazone groups is 1. The number of carbonyl (C=O) groups excluding carboxylic acids is 3. The molecular weight excluding hydrogens is 472 g/mol. The van der Waals surface area contributed by atoms with E-state index in [-0.39, 0.29) is 12.5 Å². The van der Waals surface area contributed by atoms with Crippen LogP contribution in [-0.4, -0.2) is 37.7 Å². The molecule has 0 saturated heterocycles. The van der Waals surface area contributed by atoms with E-state index in [4.69, 9.17) is 21.1 Å². The number of carbonyl (C=O) groups is 3. The highest BCUT2D eigenvalue weighted by Crippen LogP contribution is 2.23. The maximum atomic E-state index is 12.2. The monoisotopic (exact) mass is 494 g/mol. The lowest BCUT2D eigenvalue weighted by Crippen LogP contribution is -2.32. The fourth-order valence-corrected chi connectivity index (χ4v) is 3.08. The molecule has 3 amide bonds. The number of rotatable bonds is 8. The molecule has 3 aromatic rings. The third-order valence-corrected chi connectivity index (χ3v) is 5.12. The molecule has 3 N–H and O–H groups in total. The Kier molecular flexibility index (Phi) is 8.80. The third kappa shape index (κ3) is 7.31. The van der Waals surface area contributed by atoms with Crippen LogP contribution < -0.4 is 25.5 Å². The number of benzene rings is 3. The molecule has 0 saturated carbocycles. The zero-order valence-electron chi connectivity index (χ0n) is 19.0. The van der Waals surface area contributed by atoms with Gasteiger partial charge >= 0.3 is 11.8 Å². The number of anilines is 2. The topological polar surface area (TPSA) is 118 Å². The van der Waals surface area contributed by atoms with E-state index in [0.717, 1.165) is 5.56 Å². The van der Waals surface area contributed by atoms with E-state index in [1.54, 1.807) is 66.7 Å². The molecule has 180 valence electrons. The first-order chi connectivity index (χ1) is 16.9. The van der Waals surface area contributed by atoms with Crippen LogP contribution in [0.15, 0.2) is 71.8 Å². The predicted octanol–water partition coefficient (Wildman–Crippen LogP) is 3.76. The van der Waals surface area contributed by atoms with Gasteiger partial charge in [0, 0.05) is 10.7 Å². The van der Waals surface area contributed by atoms with Crippen molar-refractivity contribution in [1.29, 1.82) is 0 Å². The van der Waals surface area contributed by atoms with Gasteiger partial charge < -0.3 is 20.1 Å². The average molecular weight is 495 g/mol. The molecule has 0 unspecified atom stereocenters. The van der Waals surface area contributed by atoms with Gasteiger partial charge in [-0.3, -0.25) is 14.4 Å². The second-order valence-electron chi connectivity index (χ2n) is 7.18. The minimum absolute atomic E-state index is 0.216. The van der Waals surface area contributed by atoms with E-state index in [1.165, 1.54) is 13.3 Å². The highest BCUT2D eigenvalue weighted by atomic mass is 35.5. The van der Waals surface area contributed by atoms with Crippen molar-refractivity contribution < 1.29 is 23.9 Å². The summed E-state index contributed by atoms with van der Waals surface area (Å²) in [5.41, 5.74) is 4.47. The van der Waals surface area contributed by atoms with Crippen molar-refractivity contribution >= 4 is 46.9 Å². The van der Waals surface area contributed by atoms with E-state index < -0.39 is 11.8 Å². The lowest BCUT2D eigenvalue weighted by Gasteiger charge is -2.10. The quantitative estimate of drug-likeness (QED) is 0.250.